The molecule has 6 nitrogen and oxygen atoms in total. The number of rotatable bonds is 3. The monoisotopic (exact) mass is 318 g/mol. The summed E-state index contributed by atoms with van der Waals surface area (Å²) in [5.74, 6) is 0. The van der Waals surface area contributed by atoms with Gasteiger partial charge >= 0.3 is 12.0 Å². The summed E-state index contributed by atoms with van der Waals surface area (Å²) in [6.45, 7) is 3.41. The van der Waals surface area contributed by atoms with Crippen molar-refractivity contribution in [2.24, 2.45) is 0 Å². The van der Waals surface area contributed by atoms with Crippen LogP contribution >= 0.6 is 0 Å². The number of aryl methyl sites for hydroxylation is 1. The van der Waals surface area contributed by atoms with Gasteiger partial charge in [0.1, 0.15) is 6.10 Å². The smallest absolute Gasteiger partial charge is 0.317 e. The number of nitrogens with one attached hydrogen (secondary N) is 1. The normalized spacial score (nSPS) is 20.3. The van der Waals surface area contributed by atoms with E-state index in [2.05, 4.69) is 15.3 Å². The summed E-state index contributed by atoms with van der Waals surface area (Å²) in [4.78, 5) is 22.6. The average molecular weight is 318 g/mol. The van der Waals surface area contributed by atoms with Crippen molar-refractivity contribution < 1.29 is 9.53 Å². The average Bonchev–Trinajstić information content (AvgIpc) is 2.58. The van der Waals surface area contributed by atoms with Gasteiger partial charge in [0.25, 0.3) is 0 Å². The van der Waals surface area contributed by atoms with E-state index in [0.29, 0.717) is 12.1 Å². The molecule has 0 bridgehead atoms. The third kappa shape index (κ3) is 4.56. The number of hydrogen-bond acceptors (Lipinski definition) is 4. The quantitative estimate of drug-likeness (QED) is 0.930. The lowest BCUT2D eigenvalue weighted by atomic mass is 9.96. The van der Waals surface area contributed by atoms with Gasteiger partial charge in [-0.1, -0.05) is 19.3 Å². The van der Waals surface area contributed by atoms with Crippen LogP contribution in [0.2, 0.25) is 0 Å². The van der Waals surface area contributed by atoms with Gasteiger partial charge in [-0.05, 0) is 25.3 Å². The molecule has 1 N–H and O–H groups in total. The Morgan fingerprint density at radius 1 is 1.13 bits per heavy atom. The Hall–Kier alpha value is -1.85. The van der Waals surface area contributed by atoms with Crippen LogP contribution in [-0.2, 0) is 0 Å². The summed E-state index contributed by atoms with van der Waals surface area (Å²) in [5.41, 5.74) is 1.02. The zero-order valence-electron chi connectivity index (χ0n) is 13.8. The molecule has 126 valence electrons. The van der Waals surface area contributed by atoms with E-state index in [4.69, 9.17) is 4.74 Å². The van der Waals surface area contributed by atoms with Crippen molar-refractivity contribution in [2.75, 3.05) is 13.1 Å². The van der Waals surface area contributed by atoms with E-state index >= 15 is 0 Å². The van der Waals surface area contributed by atoms with Gasteiger partial charge in [-0.3, -0.25) is 0 Å². The van der Waals surface area contributed by atoms with Gasteiger partial charge < -0.3 is 15.0 Å². The van der Waals surface area contributed by atoms with Gasteiger partial charge in [-0.2, -0.15) is 0 Å². The second-order valence-electron chi connectivity index (χ2n) is 6.63. The van der Waals surface area contributed by atoms with Gasteiger partial charge in [-0.15, -0.1) is 0 Å². The molecule has 2 fully saturated rings. The summed E-state index contributed by atoms with van der Waals surface area (Å²) in [5, 5.41) is 3.18. The van der Waals surface area contributed by atoms with Crippen molar-refractivity contribution in [2.45, 2.75) is 64.0 Å². The third-order valence-corrected chi connectivity index (χ3v) is 4.69. The SMILES string of the molecule is Cc1cnc(OC2CCN(C(=O)NC3CCCCC3)CC2)nc1. The molecular weight excluding hydrogens is 292 g/mol. The fraction of sp³-hybridized carbons (Fsp3) is 0.706. The summed E-state index contributed by atoms with van der Waals surface area (Å²) in [6, 6.07) is 0.883. The second kappa shape index (κ2) is 7.62. The van der Waals surface area contributed by atoms with E-state index in [1.807, 2.05) is 11.8 Å². The standard InChI is InChI=1S/C17H26N4O2/c1-13-11-18-16(19-12-13)23-15-7-9-21(10-8-15)17(22)20-14-5-3-2-4-6-14/h11-12,14-15H,2-10H2,1H3,(H,20,22). The Kier molecular flexibility index (Phi) is 5.31. The van der Waals surface area contributed by atoms with Crippen LogP contribution in [-0.4, -0.2) is 46.1 Å². The minimum atomic E-state index is 0.0851. The van der Waals surface area contributed by atoms with E-state index in [1.165, 1.54) is 19.3 Å². The van der Waals surface area contributed by atoms with Gasteiger partial charge in [0.2, 0.25) is 0 Å². The highest BCUT2D eigenvalue weighted by Crippen LogP contribution is 2.19. The van der Waals surface area contributed by atoms with Crippen molar-refractivity contribution in [3.8, 4) is 6.01 Å². The van der Waals surface area contributed by atoms with E-state index in [1.54, 1.807) is 12.4 Å². The van der Waals surface area contributed by atoms with Crippen molar-refractivity contribution in [1.29, 1.82) is 0 Å². The minimum Gasteiger partial charge on any atom is -0.460 e. The largest absolute Gasteiger partial charge is 0.460 e. The van der Waals surface area contributed by atoms with Crippen LogP contribution in [0.25, 0.3) is 0 Å². The number of amides is 2. The second-order valence-corrected chi connectivity index (χ2v) is 6.63. The zero-order valence-corrected chi connectivity index (χ0v) is 13.8. The van der Waals surface area contributed by atoms with Crippen LogP contribution in [0.4, 0.5) is 4.79 Å². The lowest BCUT2D eigenvalue weighted by Crippen LogP contribution is -2.49. The van der Waals surface area contributed by atoms with Crippen LogP contribution in [0, 0.1) is 6.92 Å². The Bertz CT molecular complexity index is 506. The van der Waals surface area contributed by atoms with Gasteiger partial charge in [0.05, 0.1) is 0 Å². The number of piperidine rings is 1. The number of ether oxygens (including phenoxy) is 1. The molecular formula is C17H26N4O2. The molecule has 0 spiro atoms. The molecule has 0 radical (unpaired) electrons. The molecule has 3 rings (SSSR count). The molecule has 23 heavy (non-hydrogen) atoms. The van der Waals surface area contributed by atoms with Gasteiger partial charge in [0.15, 0.2) is 0 Å². The molecule has 1 aliphatic carbocycles. The van der Waals surface area contributed by atoms with Gasteiger partial charge in [-0.25, -0.2) is 14.8 Å². The number of aromatic nitrogens is 2. The molecule has 1 saturated carbocycles. The van der Waals surface area contributed by atoms with Crippen LogP contribution in [0.3, 0.4) is 0 Å². The number of nitrogens with zero attached hydrogens (tertiary/aromatic N) is 3. The van der Waals surface area contributed by atoms with Crippen LogP contribution in [0.1, 0.15) is 50.5 Å². The van der Waals surface area contributed by atoms with Crippen LogP contribution in [0.5, 0.6) is 6.01 Å². The fourth-order valence-corrected chi connectivity index (χ4v) is 3.28. The molecule has 2 amide bonds. The van der Waals surface area contributed by atoms with Crippen LogP contribution in [0.15, 0.2) is 12.4 Å². The summed E-state index contributed by atoms with van der Waals surface area (Å²) < 4.78 is 5.81. The van der Waals surface area contributed by atoms with Crippen molar-refractivity contribution >= 4 is 6.03 Å². The highest BCUT2D eigenvalue weighted by Gasteiger charge is 2.26. The van der Waals surface area contributed by atoms with Crippen molar-refractivity contribution in [3.05, 3.63) is 18.0 Å². The maximum Gasteiger partial charge on any atom is 0.317 e. The Morgan fingerprint density at radius 3 is 2.43 bits per heavy atom. The van der Waals surface area contributed by atoms with E-state index in [9.17, 15) is 4.79 Å². The number of carbonyl (C=O) groups is 1. The Balaban J connectivity index is 1.42. The van der Waals surface area contributed by atoms with E-state index in [0.717, 1.165) is 44.3 Å². The van der Waals surface area contributed by atoms with Gasteiger partial charge in [0, 0.05) is 44.4 Å². The molecule has 1 saturated heterocycles. The van der Waals surface area contributed by atoms with Crippen LogP contribution < -0.4 is 10.1 Å². The summed E-state index contributed by atoms with van der Waals surface area (Å²) >= 11 is 0. The predicted octanol–water partition coefficient (Wildman–Crippen LogP) is 2.67. The highest BCUT2D eigenvalue weighted by atomic mass is 16.5. The first-order valence-corrected chi connectivity index (χ1v) is 8.71. The fourth-order valence-electron chi connectivity index (χ4n) is 3.28. The molecule has 6 heteroatoms. The first-order valence-electron chi connectivity index (χ1n) is 8.71. The third-order valence-electron chi connectivity index (χ3n) is 4.69. The minimum absolute atomic E-state index is 0.0851. The zero-order chi connectivity index (χ0) is 16.1. The van der Waals surface area contributed by atoms with Crippen molar-refractivity contribution in [1.82, 2.24) is 20.2 Å². The number of urea groups is 1. The molecule has 1 aromatic rings. The molecule has 0 unspecified atom stereocenters. The summed E-state index contributed by atoms with van der Waals surface area (Å²) in [7, 11) is 0. The van der Waals surface area contributed by atoms with Crippen molar-refractivity contribution in [3.63, 3.8) is 0 Å². The lowest BCUT2D eigenvalue weighted by molar-refractivity contribution is 0.102. The number of likely N-dealkylation sites (tertiary alicyclic amines) is 1. The number of carbonyl (C=O) groups excluding carboxylic acids is 1. The highest BCUT2D eigenvalue weighted by molar-refractivity contribution is 5.74. The topological polar surface area (TPSA) is 67.3 Å². The Morgan fingerprint density at radius 2 is 1.78 bits per heavy atom. The Labute approximate surface area is 137 Å². The maximum absolute atomic E-state index is 12.3. The molecule has 2 aliphatic rings. The molecule has 1 aliphatic heterocycles. The molecule has 0 aromatic carbocycles. The first kappa shape index (κ1) is 16.0. The van der Waals surface area contributed by atoms with E-state index in [-0.39, 0.29) is 12.1 Å². The van der Waals surface area contributed by atoms with E-state index < -0.39 is 0 Å². The summed E-state index contributed by atoms with van der Waals surface area (Å²) in [6.07, 6.45) is 11.3. The molecule has 2 heterocycles. The number of hydrogen-bond donors (Lipinski definition) is 1. The molecule has 1 aromatic heterocycles. The molecule has 0 atom stereocenters. The maximum atomic E-state index is 12.3. The predicted molar refractivity (Wildman–Crippen MR) is 87.4 cm³/mol. The lowest BCUT2D eigenvalue weighted by Gasteiger charge is -2.33. The first-order chi connectivity index (χ1) is 11.2.